The second-order valence-corrected chi connectivity index (χ2v) is 7.41. The fourth-order valence-corrected chi connectivity index (χ4v) is 1.81. The van der Waals surface area contributed by atoms with Crippen LogP contribution in [0.1, 0.15) is 69.2 Å². The summed E-state index contributed by atoms with van der Waals surface area (Å²) in [5.41, 5.74) is -0.179. The zero-order valence-corrected chi connectivity index (χ0v) is 14.2. The summed E-state index contributed by atoms with van der Waals surface area (Å²) in [6.07, 6.45) is 0.167. The third-order valence-corrected chi connectivity index (χ3v) is 4.60. The summed E-state index contributed by atoms with van der Waals surface area (Å²) in [6.45, 7) is 22.4. The molecule has 18 heavy (non-hydrogen) atoms. The van der Waals surface area contributed by atoms with Gasteiger partial charge < -0.3 is 9.47 Å². The van der Waals surface area contributed by atoms with Crippen LogP contribution in [0.15, 0.2) is 0 Å². The van der Waals surface area contributed by atoms with E-state index >= 15 is 0 Å². The summed E-state index contributed by atoms with van der Waals surface area (Å²) < 4.78 is 12.1. The highest BCUT2D eigenvalue weighted by Gasteiger charge is 2.39. The van der Waals surface area contributed by atoms with Gasteiger partial charge >= 0.3 is 0 Å². The van der Waals surface area contributed by atoms with Crippen LogP contribution in [0.4, 0.5) is 0 Å². The van der Waals surface area contributed by atoms with Crippen molar-refractivity contribution in [3.8, 4) is 0 Å². The van der Waals surface area contributed by atoms with E-state index in [2.05, 4.69) is 62.3 Å². The van der Waals surface area contributed by atoms with Crippen LogP contribution in [0, 0.1) is 11.3 Å². The van der Waals surface area contributed by atoms with Crippen molar-refractivity contribution < 1.29 is 9.47 Å². The lowest BCUT2D eigenvalue weighted by molar-refractivity contribution is -0.171. The lowest BCUT2D eigenvalue weighted by Gasteiger charge is -2.44. The lowest BCUT2D eigenvalue weighted by atomic mass is 9.78. The first-order valence-corrected chi connectivity index (χ1v) is 7.17. The van der Waals surface area contributed by atoms with E-state index in [1.54, 1.807) is 0 Å². The molecule has 0 aliphatic heterocycles. The fraction of sp³-hybridized carbons (Fsp3) is 1.00. The molecule has 0 heterocycles. The topological polar surface area (TPSA) is 18.5 Å². The van der Waals surface area contributed by atoms with Crippen molar-refractivity contribution >= 4 is 0 Å². The van der Waals surface area contributed by atoms with Crippen LogP contribution < -0.4 is 0 Å². The Morgan fingerprint density at radius 2 is 1.33 bits per heavy atom. The van der Waals surface area contributed by atoms with Gasteiger partial charge in [0.2, 0.25) is 0 Å². The van der Waals surface area contributed by atoms with E-state index in [-0.39, 0.29) is 22.7 Å². The van der Waals surface area contributed by atoms with Gasteiger partial charge in [-0.15, -0.1) is 0 Å². The maximum absolute atomic E-state index is 6.32. The fourth-order valence-electron chi connectivity index (χ4n) is 1.81. The van der Waals surface area contributed by atoms with Gasteiger partial charge in [0.25, 0.3) is 0 Å². The Kier molecular flexibility index (Phi) is 5.89. The Bertz CT molecular complexity index is 248. The van der Waals surface area contributed by atoms with Crippen molar-refractivity contribution in [3.63, 3.8) is 0 Å². The molecule has 0 spiro atoms. The van der Waals surface area contributed by atoms with Crippen LogP contribution >= 0.6 is 0 Å². The predicted molar refractivity (Wildman–Crippen MR) is 79.0 cm³/mol. The van der Waals surface area contributed by atoms with Crippen molar-refractivity contribution in [1.29, 1.82) is 0 Å². The summed E-state index contributed by atoms with van der Waals surface area (Å²) in [5, 5.41) is 0. The maximum Gasteiger partial charge on any atom is 0.0678 e. The molecule has 0 fully saturated rings. The molecule has 0 N–H and O–H groups in total. The maximum atomic E-state index is 6.32. The molecule has 0 amide bonds. The van der Waals surface area contributed by atoms with Crippen molar-refractivity contribution in [2.45, 2.75) is 86.5 Å². The zero-order chi connectivity index (χ0) is 14.8. The average Bonchev–Trinajstić information content (AvgIpc) is 2.13. The molecule has 0 aromatic carbocycles. The SMILES string of the molecule is CCOC(C)(C)C(C)C(C)OC(C)(C)C(C)(C)C. The van der Waals surface area contributed by atoms with E-state index in [1.165, 1.54) is 0 Å². The summed E-state index contributed by atoms with van der Waals surface area (Å²) >= 11 is 0. The first-order chi connectivity index (χ1) is 7.85. The van der Waals surface area contributed by atoms with E-state index < -0.39 is 0 Å². The highest BCUT2D eigenvalue weighted by Crippen LogP contribution is 2.36. The van der Waals surface area contributed by atoms with E-state index in [0.29, 0.717) is 5.92 Å². The van der Waals surface area contributed by atoms with Gasteiger partial charge in [-0.05, 0) is 47.0 Å². The van der Waals surface area contributed by atoms with Crippen LogP contribution in [0.5, 0.6) is 0 Å². The van der Waals surface area contributed by atoms with Crippen molar-refractivity contribution in [3.05, 3.63) is 0 Å². The third kappa shape index (κ3) is 4.55. The Hall–Kier alpha value is -0.0800. The molecule has 0 rings (SSSR count). The van der Waals surface area contributed by atoms with Gasteiger partial charge in [-0.1, -0.05) is 27.7 Å². The Balaban J connectivity index is 4.73. The van der Waals surface area contributed by atoms with E-state index in [4.69, 9.17) is 9.47 Å². The first kappa shape index (κ1) is 17.9. The van der Waals surface area contributed by atoms with Gasteiger partial charge in [-0.3, -0.25) is 0 Å². The molecule has 0 radical (unpaired) electrons. The molecule has 2 unspecified atom stereocenters. The highest BCUT2D eigenvalue weighted by molar-refractivity contribution is 4.88. The molecule has 0 aromatic rings. The molecule has 0 aliphatic carbocycles. The molecule has 0 saturated carbocycles. The summed E-state index contributed by atoms with van der Waals surface area (Å²) in [6, 6.07) is 0. The molecular weight excluding hydrogens is 224 g/mol. The Morgan fingerprint density at radius 3 is 1.67 bits per heavy atom. The summed E-state index contributed by atoms with van der Waals surface area (Å²) in [7, 11) is 0. The minimum absolute atomic E-state index is 0.122. The minimum Gasteiger partial charge on any atom is -0.375 e. The van der Waals surface area contributed by atoms with Crippen LogP contribution in [0.3, 0.4) is 0 Å². The largest absolute Gasteiger partial charge is 0.375 e. The standard InChI is InChI=1S/C16H34O2/c1-11-17-15(7,8)12(2)13(3)18-16(9,10)14(4,5)6/h12-13H,11H2,1-10H3. The van der Waals surface area contributed by atoms with Gasteiger partial charge in [0, 0.05) is 12.5 Å². The number of rotatable bonds is 6. The third-order valence-electron chi connectivity index (χ3n) is 4.60. The van der Waals surface area contributed by atoms with Crippen LogP contribution in [-0.4, -0.2) is 23.9 Å². The molecule has 0 bridgehead atoms. The highest BCUT2D eigenvalue weighted by atomic mass is 16.5. The molecule has 2 nitrogen and oxygen atoms in total. The summed E-state index contributed by atoms with van der Waals surface area (Å²) in [5.74, 6) is 0.346. The van der Waals surface area contributed by atoms with E-state index in [0.717, 1.165) is 6.61 Å². The Morgan fingerprint density at radius 1 is 0.889 bits per heavy atom. The van der Waals surface area contributed by atoms with Crippen molar-refractivity contribution in [2.24, 2.45) is 11.3 Å². The monoisotopic (exact) mass is 258 g/mol. The normalized spacial score (nSPS) is 17.7. The van der Waals surface area contributed by atoms with Gasteiger partial charge in [-0.2, -0.15) is 0 Å². The Labute approximate surface area is 114 Å². The van der Waals surface area contributed by atoms with Crippen LogP contribution in [-0.2, 0) is 9.47 Å². The van der Waals surface area contributed by atoms with Gasteiger partial charge in [0.05, 0.1) is 17.3 Å². The molecule has 0 saturated heterocycles. The molecule has 110 valence electrons. The van der Waals surface area contributed by atoms with Crippen LogP contribution in [0.2, 0.25) is 0 Å². The van der Waals surface area contributed by atoms with Crippen molar-refractivity contribution in [1.82, 2.24) is 0 Å². The summed E-state index contributed by atoms with van der Waals surface area (Å²) in [4.78, 5) is 0. The van der Waals surface area contributed by atoms with E-state index in [1.807, 2.05) is 6.92 Å². The van der Waals surface area contributed by atoms with Gasteiger partial charge in [0.1, 0.15) is 0 Å². The number of hydrogen-bond donors (Lipinski definition) is 0. The molecule has 2 heteroatoms. The second-order valence-electron chi connectivity index (χ2n) is 7.41. The van der Waals surface area contributed by atoms with Gasteiger partial charge in [0.15, 0.2) is 0 Å². The second kappa shape index (κ2) is 5.92. The zero-order valence-electron chi connectivity index (χ0n) is 14.2. The number of hydrogen-bond acceptors (Lipinski definition) is 2. The average molecular weight is 258 g/mol. The van der Waals surface area contributed by atoms with Gasteiger partial charge in [-0.25, -0.2) is 0 Å². The minimum atomic E-state index is -0.151. The molecule has 0 aliphatic rings. The lowest BCUT2D eigenvalue weighted by Crippen LogP contribution is -2.47. The smallest absolute Gasteiger partial charge is 0.0678 e. The van der Waals surface area contributed by atoms with E-state index in [9.17, 15) is 0 Å². The first-order valence-electron chi connectivity index (χ1n) is 7.17. The van der Waals surface area contributed by atoms with Crippen molar-refractivity contribution in [2.75, 3.05) is 6.61 Å². The molecular formula is C16H34O2. The molecule has 0 aromatic heterocycles. The van der Waals surface area contributed by atoms with Crippen LogP contribution in [0.25, 0.3) is 0 Å². The quantitative estimate of drug-likeness (QED) is 0.689. The predicted octanol–water partition coefficient (Wildman–Crippen LogP) is 4.67. The molecule has 2 atom stereocenters. The number of ether oxygens (including phenoxy) is 2.